The van der Waals surface area contributed by atoms with Crippen LogP contribution in [-0.4, -0.2) is 65.8 Å². The van der Waals surface area contributed by atoms with Gasteiger partial charge in [-0.25, -0.2) is 15.2 Å². The molecule has 12 heteroatoms. The molecule has 0 spiro atoms. The minimum Gasteiger partial charge on any atom is -0.595 e. The Morgan fingerprint density at radius 3 is 2.52 bits per heavy atom. The molecular formula is C21H26N8O4. The highest BCUT2D eigenvalue weighted by Crippen LogP contribution is 2.32. The van der Waals surface area contributed by atoms with E-state index < -0.39 is 5.23 Å². The van der Waals surface area contributed by atoms with Crippen LogP contribution in [0.4, 0.5) is 28.8 Å². The highest BCUT2D eigenvalue weighted by Gasteiger charge is 2.26. The number of piperazine rings is 1. The van der Waals surface area contributed by atoms with Crippen LogP contribution in [0, 0.1) is 5.21 Å². The smallest absolute Gasteiger partial charge is 0.241 e. The normalized spacial score (nSPS) is 15.5. The number of hydrogen-bond acceptors (Lipinski definition) is 10. The summed E-state index contributed by atoms with van der Waals surface area (Å²) >= 11 is 0. The molecule has 6 N–H and O–H groups in total. The van der Waals surface area contributed by atoms with E-state index in [2.05, 4.69) is 15.6 Å². The summed E-state index contributed by atoms with van der Waals surface area (Å²) in [4.78, 5) is 25.1. The van der Waals surface area contributed by atoms with Gasteiger partial charge in [0.2, 0.25) is 11.6 Å². The predicted octanol–water partition coefficient (Wildman–Crippen LogP) is 0.525. The lowest BCUT2D eigenvalue weighted by Gasteiger charge is -2.33. The Labute approximate surface area is 190 Å². The summed E-state index contributed by atoms with van der Waals surface area (Å²) < 4.78 is 5.24. The fourth-order valence-corrected chi connectivity index (χ4v) is 3.56. The van der Waals surface area contributed by atoms with Gasteiger partial charge in [-0.2, -0.15) is 5.23 Å². The molecule has 0 aromatic carbocycles. The Morgan fingerprint density at radius 2 is 1.88 bits per heavy atom. The first-order chi connectivity index (χ1) is 15.9. The fourth-order valence-electron chi connectivity index (χ4n) is 3.56. The van der Waals surface area contributed by atoms with Crippen molar-refractivity contribution in [1.82, 2.24) is 14.9 Å². The van der Waals surface area contributed by atoms with Crippen molar-refractivity contribution in [1.29, 1.82) is 0 Å². The van der Waals surface area contributed by atoms with Gasteiger partial charge in [-0.15, -0.1) is 0 Å². The van der Waals surface area contributed by atoms with Crippen LogP contribution in [0.1, 0.15) is 0 Å². The summed E-state index contributed by atoms with van der Waals surface area (Å²) in [6.45, 7) is 2.76. The number of nitrogens with one attached hydrogen (secondary N) is 3. The molecule has 3 aromatic heterocycles. The van der Waals surface area contributed by atoms with Crippen LogP contribution in [-0.2, 0) is 4.79 Å². The van der Waals surface area contributed by atoms with E-state index in [0.717, 1.165) is 17.8 Å². The molecule has 4 rings (SSSR count). The minimum atomic E-state index is -1.12. The first-order valence-corrected chi connectivity index (χ1v) is 10.4. The van der Waals surface area contributed by atoms with Crippen LogP contribution < -0.4 is 26.5 Å². The van der Waals surface area contributed by atoms with E-state index in [4.69, 9.17) is 20.3 Å². The Hall–Kier alpha value is -3.71. The van der Waals surface area contributed by atoms with Gasteiger partial charge in [-0.3, -0.25) is 9.69 Å². The number of nitrogens with two attached hydrogens (primary N) is 1. The molecule has 12 nitrogen and oxygen atoms in total. The van der Waals surface area contributed by atoms with Gasteiger partial charge < -0.3 is 30.9 Å². The second-order valence-corrected chi connectivity index (χ2v) is 7.65. The molecule has 3 aromatic rings. The average Bonchev–Trinajstić information content (AvgIpc) is 3.32. The quantitative estimate of drug-likeness (QED) is 0.240. The van der Waals surface area contributed by atoms with Crippen LogP contribution in [0.25, 0.3) is 11.3 Å². The van der Waals surface area contributed by atoms with Gasteiger partial charge in [0.1, 0.15) is 11.6 Å². The van der Waals surface area contributed by atoms with Crippen molar-refractivity contribution in [2.24, 2.45) is 0 Å². The van der Waals surface area contributed by atoms with Crippen LogP contribution in [0.3, 0.4) is 0 Å². The fraction of sp³-hybridized carbons (Fsp3) is 0.286. The number of carbonyl (C=O) groups excluding carboxylic acids is 1. The molecule has 0 aliphatic carbocycles. The van der Waals surface area contributed by atoms with Gasteiger partial charge in [0.25, 0.3) is 0 Å². The monoisotopic (exact) mass is 454 g/mol. The van der Waals surface area contributed by atoms with Crippen molar-refractivity contribution < 1.29 is 19.6 Å². The maximum Gasteiger partial charge on any atom is 0.241 e. The lowest BCUT2D eigenvalue weighted by atomic mass is 10.1. The van der Waals surface area contributed by atoms with Crippen LogP contribution >= 0.6 is 0 Å². The van der Waals surface area contributed by atoms with E-state index in [1.807, 2.05) is 30.1 Å². The van der Waals surface area contributed by atoms with E-state index >= 15 is 0 Å². The summed E-state index contributed by atoms with van der Waals surface area (Å²) in [6, 6.07) is 8.52. The number of amides is 1. The summed E-state index contributed by atoms with van der Waals surface area (Å²) in [5, 5.41) is 25.3. The number of anilines is 4. The molecule has 0 bridgehead atoms. The van der Waals surface area contributed by atoms with Crippen LogP contribution in [0.5, 0.6) is 0 Å². The van der Waals surface area contributed by atoms with Gasteiger partial charge >= 0.3 is 0 Å². The molecule has 1 unspecified atom stereocenters. The van der Waals surface area contributed by atoms with Crippen molar-refractivity contribution in [2.45, 2.75) is 0 Å². The zero-order valence-electron chi connectivity index (χ0n) is 18.1. The Bertz CT molecular complexity index is 1110. The highest BCUT2D eigenvalue weighted by molar-refractivity contribution is 5.99. The number of likely N-dealkylation sites (N-methyl/N-ethyl adjacent to an activating group) is 1. The largest absolute Gasteiger partial charge is 0.595 e. The Morgan fingerprint density at radius 1 is 1.15 bits per heavy atom. The maximum absolute atomic E-state index is 12.6. The summed E-state index contributed by atoms with van der Waals surface area (Å²) in [7, 11) is 1.93. The Kier molecular flexibility index (Phi) is 6.70. The molecule has 1 atom stereocenters. The number of rotatable bonds is 8. The van der Waals surface area contributed by atoms with Crippen LogP contribution in [0.15, 0.2) is 47.3 Å². The van der Waals surface area contributed by atoms with Crippen molar-refractivity contribution >= 4 is 34.7 Å². The molecular weight excluding hydrogens is 428 g/mol. The van der Waals surface area contributed by atoms with Crippen molar-refractivity contribution in [2.75, 3.05) is 61.0 Å². The third kappa shape index (κ3) is 5.21. The number of carbonyl (C=O) groups is 1. The topological polar surface area (TPSA) is 160 Å². The predicted molar refractivity (Wildman–Crippen MR) is 123 cm³/mol. The molecule has 1 aliphatic rings. The zero-order valence-corrected chi connectivity index (χ0v) is 18.1. The first-order valence-electron chi connectivity index (χ1n) is 10.4. The van der Waals surface area contributed by atoms with Gasteiger partial charge in [0.05, 0.1) is 30.5 Å². The molecule has 1 aliphatic heterocycles. The standard InChI is InChI=1S/C21H26N8O4/c1-27-9-10-28(19(30)12-27)15-2-4-17(25-20(15)14-6-11-33-13-14)23-7-8-24-18-5-3-16(29(31)32)21(22)26-18/h2-6,11,13,29,31H,7-10,12H2,1H3,(H,23,25)(H3,22,24,26). The molecule has 0 saturated carbocycles. The van der Waals surface area contributed by atoms with Crippen molar-refractivity contribution in [3.63, 3.8) is 0 Å². The zero-order chi connectivity index (χ0) is 23.4. The number of nitrogen functional groups attached to an aromatic ring is 1. The lowest BCUT2D eigenvalue weighted by Crippen LogP contribution is -2.99. The second kappa shape index (κ2) is 9.83. The van der Waals surface area contributed by atoms with E-state index in [9.17, 15) is 10.0 Å². The summed E-state index contributed by atoms with van der Waals surface area (Å²) in [5.41, 5.74) is 7.84. The minimum absolute atomic E-state index is 0.0286. The summed E-state index contributed by atoms with van der Waals surface area (Å²) in [5.74, 6) is 1.11. The highest BCUT2D eigenvalue weighted by atomic mass is 16.8. The van der Waals surface area contributed by atoms with Crippen molar-refractivity contribution in [3.05, 3.63) is 48.1 Å². The molecule has 1 fully saturated rings. The SMILES string of the molecule is CN1CCN(c2ccc(NCCNc3ccc([NH+]([O-])O)c(N)n3)nc2-c2ccoc2)C(=O)C1. The molecule has 33 heavy (non-hydrogen) atoms. The molecule has 0 radical (unpaired) electrons. The van der Waals surface area contributed by atoms with E-state index in [1.54, 1.807) is 23.5 Å². The van der Waals surface area contributed by atoms with E-state index in [-0.39, 0.29) is 17.4 Å². The Balaban J connectivity index is 1.43. The molecule has 1 amide bonds. The number of hydrogen-bond donors (Lipinski definition) is 5. The summed E-state index contributed by atoms with van der Waals surface area (Å²) in [6.07, 6.45) is 3.18. The lowest BCUT2D eigenvalue weighted by molar-refractivity contribution is -0.990. The van der Waals surface area contributed by atoms with Crippen LogP contribution in [0.2, 0.25) is 0 Å². The number of nitrogens with zero attached hydrogens (tertiary/aromatic N) is 4. The van der Waals surface area contributed by atoms with Gasteiger partial charge in [0, 0.05) is 37.8 Å². The van der Waals surface area contributed by atoms with E-state index in [0.29, 0.717) is 43.5 Å². The first kappa shape index (κ1) is 22.5. The molecule has 1 saturated heterocycles. The van der Waals surface area contributed by atoms with E-state index in [1.165, 1.54) is 6.07 Å². The number of furan rings is 1. The maximum atomic E-state index is 12.6. The number of pyridine rings is 2. The molecule has 4 heterocycles. The van der Waals surface area contributed by atoms with Gasteiger partial charge in [-0.05, 0) is 31.3 Å². The third-order valence-electron chi connectivity index (χ3n) is 5.26. The van der Waals surface area contributed by atoms with Crippen molar-refractivity contribution in [3.8, 4) is 11.3 Å². The number of aromatic nitrogens is 2. The van der Waals surface area contributed by atoms with Gasteiger partial charge in [0.15, 0.2) is 5.82 Å². The molecule has 174 valence electrons. The number of quaternary nitrogens is 1. The average molecular weight is 454 g/mol. The van der Waals surface area contributed by atoms with Gasteiger partial charge in [-0.1, -0.05) is 0 Å². The second-order valence-electron chi connectivity index (χ2n) is 7.65. The third-order valence-corrected chi connectivity index (χ3v) is 5.26.